The Morgan fingerprint density at radius 2 is 1.72 bits per heavy atom. The maximum absolute atomic E-state index is 11.9. The van der Waals surface area contributed by atoms with Crippen LogP contribution in [0.25, 0.3) is 0 Å². The van der Waals surface area contributed by atoms with Gasteiger partial charge in [-0.15, -0.1) is 12.4 Å². The summed E-state index contributed by atoms with van der Waals surface area (Å²) in [5.41, 5.74) is 0. The van der Waals surface area contributed by atoms with Gasteiger partial charge in [0.15, 0.2) is 0 Å². The van der Waals surface area contributed by atoms with Crippen LogP contribution in [0.4, 0.5) is 0 Å². The molecule has 0 aromatic rings. The highest BCUT2D eigenvalue weighted by atomic mass is 35.5. The van der Waals surface area contributed by atoms with Gasteiger partial charge in [0.25, 0.3) is 0 Å². The van der Waals surface area contributed by atoms with Gasteiger partial charge in [0.2, 0.25) is 5.91 Å². The largest absolute Gasteiger partial charge is 0.356 e. The average Bonchev–Trinajstić information content (AvgIpc) is 2.41. The summed E-state index contributed by atoms with van der Waals surface area (Å²) in [5.74, 6) is 1.43. The molecule has 0 unspecified atom stereocenters. The number of rotatable bonds is 4. The van der Waals surface area contributed by atoms with E-state index in [4.69, 9.17) is 0 Å². The van der Waals surface area contributed by atoms with Crippen LogP contribution in [0.1, 0.15) is 51.4 Å². The lowest BCUT2D eigenvalue weighted by Crippen LogP contribution is -2.38. The van der Waals surface area contributed by atoms with E-state index in [1.54, 1.807) is 0 Å². The standard InChI is InChI=1S/C14H26N2O.ClH/c17-14(13-7-9-15-10-8-13)16-11-6-12-4-2-1-3-5-12;/h12-13,15H,1-11H2,(H,16,17);1H. The zero-order chi connectivity index (χ0) is 11.9. The number of amides is 1. The molecule has 18 heavy (non-hydrogen) atoms. The molecule has 0 aromatic heterocycles. The van der Waals surface area contributed by atoms with Crippen LogP contribution in [0.2, 0.25) is 0 Å². The molecule has 0 radical (unpaired) electrons. The fraction of sp³-hybridized carbons (Fsp3) is 0.929. The second-order valence-corrected chi connectivity index (χ2v) is 5.61. The molecule has 106 valence electrons. The van der Waals surface area contributed by atoms with Crippen molar-refractivity contribution in [2.45, 2.75) is 51.4 Å². The summed E-state index contributed by atoms with van der Waals surface area (Å²) in [5, 5.41) is 6.43. The molecule has 0 atom stereocenters. The van der Waals surface area contributed by atoms with Crippen LogP contribution in [0.3, 0.4) is 0 Å². The van der Waals surface area contributed by atoms with Gasteiger partial charge in [-0.25, -0.2) is 0 Å². The first kappa shape index (κ1) is 15.8. The summed E-state index contributed by atoms with van der Waals surface area (Å²) in [6.45, 7) is 2.90. The Morgan fingerprint density at radius 1 is 1.06 bits per heavy atom. The van der Waals surface area contributed by atoms with E-state index in [1.165, 1.54) is 38.5 Å². The minimum atomic E-state index is 0. The molecule has 1 aliphatic heterocycles. The molecule has 2 aliphatic rings. The SMILES string of the molecule is Cl.O=C(NCCC1CCCCC1)C1CCNCC1. The first-order valence-electron chi connectivity index (χ1n) is 7.34. The van der Waals surface area contributed by atoms with Crippen molar-refractivity contribution in [3.63, 3.8) is 0 Å². The third-order valence-electron chi connectivity index (χ3n) is 4.29. The quantitative estimate of drug-likeness (QED) is 0.827. The third kappa shape index (κ3) is 5.15. The fourth-order valence-corrected chi connectivity index (χ4v) is 3.10. The van der Waals surface area contributed by atoms with E-state index in [1.807, 2.05) is 0 Å². The maximum atomic E-state index is 11.9. The molecule has 2 fully saturated rings. The van der Waals surface area contributed by atoms with Crippen molar-refractivity contribution in [3.8, 4) is 0 Å². The minimum absolute atomic E-state index is 0. The lowest BCUT2D eigenvalue weighted by molar-refractivity contribution is -0.125. The van der Waals surface area contributed by atoms with Gasteiger partial charge in [-0.2, -0.15) is 0 Å². The molecule has 0 spiro atoms. The van der Waals surface area contributed by atoms with Gasteiger partial charge in [-0.05, 0) is 38.3 Å². The van der Waals surface area contributed by atoms with Gasteiger partial charge in [0.1, 0.15) is 0 Å². The second-order valence-electron chi connectivity index (χ2n) is 5.61. The summed E-state index contributed by atoms with van der Waals surface area (Å²) >= 11 is 0. The number of nitrogens with one attached hydrogen (secondary N) is 2. The van der Waals surface area contributed by atoms with Crippen molar-refractivity contribution in [2.75, 3.05) is 19.6 Å². The topological polar surface area (TPSA) is 41.1 Å². The molecule has 1 aliphatic carbocycles. The Bertz CT molecular complexity index is 236. The van der Waals surface area contributed by atoms with E-state index in [0.29, 0.717) is 5.91 Å². The minimum Gasteiger partial charge on any atom is -0.356 e. The van der Waals surface area contributed by atoms with Gasteiger partial charge >= 0.3 is 0 Å². The molecule has 0 aromatic carbocycles. The van der Waals surface area contributed by atoms with Crippen molar-refractivity contribution in [1.29, 1.82) is 0 Å². The zero-order valence-corrected chi connectivity index (χ0v) is 12.1. The van der Waals surface area contributed by atoms with E-state index in [9.17, 15) is 4.79 Å². The van der Waals surface area contributed by atoms with E-state index in [-0.39, 0.29) is 18.3 Å². The fourth-order valence-electron chi connectivity index (χ4n) is 3.10. The van der Waals surface area contributed by atoms with Crippen LogP contribution in [0, 0.1) is 11.8 Å². The molecule has 2 rings (SSSR count). The van der Waals surface area contributed by atoms with Gasteiger partial charge in [-0.3, -0.25) is 4.79 Å². The second kappa shape index (κ2) is 8.76. The van der Waals surface area contributed by atoms with E-state index >= 15 is 0 Å². The highest BCUT2D eigenvalue weighted by molar-refractivity contribution is 5.85. The molecule has 1 heterocycles. The van der Waals surface area contributed by atoms with Crippen molar-refractivity contribution >= 4 is 18.3 Å². The Balaban J connectivity index is 0.00000162. The lowest BCUT2D eigenvalue weighted by Gasteiger charge is -2.24. The zero-order valence-electron chi connectivity index (χ0n) is 11.2. The van der Waals surface area contributed by atoms with Crippen molar-refractivity contribution < 1.29 is 4.79 Å². The highest BCUT2D eigenvalue weighted by Crippen LogP contribution is 2.25. The monoisotopic (exact) mass is 274 g/mol. The van der Waals surface area contributed by atoms with Crippen molar-refractivity contribution in [1.82, 2.24) is 10.6 Å². The predicted molar refractivity (Wildman–Crippen MR) is 77.0 cm³/mol. The van der Waals surface area contributed by atoms with Gasteiger partial charge < -0.3 is 10.6 Å². The smallest absolute Gasteiger partial charge is 0.223 e. The van der Waals surface area contributed by atoms with Gasteiger partial charge in [0, 0.05) is 12.5 Å². The number of carbonyl (C=O) groups excluding carboxylic acids is 1. The number of hydrogen-bond donors (Lipinski definition) is 2. The van der Waals surface area contributed by atoms with Gasteiger partial charge in [-0.1, -0.05) is 32.1 Å². The lowest BCUT2D eigenvalue weighted by atomic mass is 9.87. The van der Waals surface area contributed by atoms with Crippen LogP contribution in [0.15, 0.2) is 0 Å². The number of hydrogen-bond acceptors (Lipinski definition) is 2. The van der Waals surface area contributed by atoms with E-state index in [0.717, 1.165) is 38.4 Å². The van der Waals surface area contributed by atoms with Crippen LogP contribution in [-0.4, -0.2) is 25.5 Å². The summed E-state index contributed by atoms with van der Waals surface area (Å²) in [7, 11) is 0. The van der Waals surface area contributed by atoms with Crippen molar-refractivity contribution in [2.24, 2.45) is 11.8 Å². The molecule has 3 nitrogen and oxygen atoms in total. The maximum Gasteiger partial charge on any atom is 0.223 e. The summed E-state index contributed by atoms with van der Waals surface area (Å²) in [6.07, 6.45) is 10.2. The first-order chi connectivity index (χ1) is 8.36. The summed E-state index contributed by atoms with van der Waals surface area (Å²) in [4.78, 5) is 11.9. The summed E-state index contributed by atoms with van der Waals surface area (Å²) < 4.78 is 0. The molecule has 1 amide bonds. The molecular weight excluding hydrogens is 248 g/mol. The van der Waals surface area contributed by atoms with Crippen LogP contribution in [0.5, 0.6) is 0 Å². The molecule has 0 bridgehead atoms. The third-order valence-corrected chi connectivity index (χ3v) is 4.29. The normalized spacial score (nSPS) is 22.2. The molecule has 1 saturated carbocycles. The molecule has 2 N–H and O–H groups in total. The van der Waals surface area contributed by atoms with Crippen LogP contribution in [-0.2, 0) is 4.79 Å². The Hall–Kier alpha value is -0.280. The number of halogens is 1. The van der Waals surface area contributed by atoms with Crippen LogP contribution < -0.4 is 10.6 Å². The van der Waals surface area contributed by atoms with E-state index in [2.05, 4.69) is 10.6 Å². The Labute approximate surface area is 117 Å². The first-order valence-corrected chi connectivity index (χ1v) is 7.34. The van der Waals surface area contributed by atoms with Crippen LogP contribution >= 0.6 is 12.4 Å². The molecule has 4 heteroatoms. The van der Waals surface area contributed by atoms with E-state index < -0.39 is 0 Å². The number of piperidine rings is 1. The highest BCUT2D eigenvalue weighted by Gasteiger charge is 2.20. The predicted octanol–water partition coefficient (Wildman–Crippen LogP) is 2.49. The molecular formula is C14H27ClN2O. The van der Waals surface area contributed by atoms with Crippen molar-refractivity contribution in [3.05, 3.63) is 0 Å². The summed E-state index contributed by atoms with van der Waals surface area (Å²) in [6, 6.07) is 0. The average molecular weight is 275 g/mol. The Morgan fingerprint density at radius 3 is 2.39 bits per heavy atom. The Kier molecular flexibility index (Phi) is 7.68. The molecule has 1 saturated heterocycles. The number of carbonyl (C=O) groups is 1. The van der Waals surface area contributed by atoms with Gasteiger partial charge in [0.05, 0.1) is 0 Å².